The van der Waals surface area contributed by atoms with Gasteiger partial charge < -0.3 is 5.32 Å². The number of benzene rings is 1. The summed E-state index contributed by atoms with van der Waals surface area (Å²) in [6, 6.07) is 7.95. The van der Waals surface area contributed by atoms with Gasteiger partial charge in [-0.2, -0.15) is 5.10 Å². The summed E-state index contributed by atoms with van der Waals surface area (Å²) in [5.74, 6) is -0.0801. The van der Waals surface area contributed by atoms with Crippen molar-refractivity contribution in [3.8, 4) is 0 Å². The van der Waals surface area contributed by atoms with E-state index in [2.05, 4.69) is 58.2 Å². The molecule has 2 heterocycles. The molecule has 0 bridgehead atoms. The van der Waals surface area contributed by atoms with Gasteiger partial charge in [0.05, 0.1) is 19.7 Å². The van der Waals surface area contributed by atoms with Crippen LogP contribution in [0.4, 0.5) is 10.2 Å². The number of nitrogens with zero attached hydrogens (tertiary/aromatic N) is 2. The lowest BCUT2D eigenvalue weighted by Gasteiger charge is -2.02. The lowest BCUT2D eigenvalue weighted by Crippen LogP contribution is -2.11. The molecule has 2 aromatic heterocycles. The van der Waals surface area contributed by atoms with Crippen molar-refractivity contribution in [3.05, 3.63) is 65.5 Å². The van der Waals surface area contributed by atoms with Crippen LogP contribution < -0.4 is 5.32 Å². The van der Waals surface area contributed by atoms with E-state index in [1.54, 1.807) is 29.1 Å². The van der Waals surface area contributed by atoms with Crippen LogP contribution in [0.15, 0.2) is 49.3 Å². The minimum atomic E-state index is -0.276. The smallest absolute Gasteiger partial charge is 0.267 e. The first kappa shape index (κ1) is 17.8. The number of aromatic nitrogens is 2. The lowest BCUT2D eigenvalue weighted by atomic mass is 10.2. The van der Waals surface area contributed by atoms with Gasteiger partial charge in [0.25, 0.3) is 5.91 Å². The highest BCUT2D eigenvalue weighted by Gasteiger charge is 2.15. The molecule has 0 radical (unpaired) electrons. The molecule has 0 unspecified atom stereocenters. The quantitative estimate of drug-likeness (QED) is 0.466. The average molecular weight is 538 g/mol. The molecule has 0 spiro atoms. The Hall–Kier alpha value is -1.03. The van der Waals surface area contributed by atoms with E-state index in [1.165, 1.54) is 23.5 Å². The van der Waals surface area contributed by atoms with Crippen LogP contribution in [0.25, 0.3) is 0 Å². The molecule has 1 aromatic carbocycles. The Bertz CT molecular complexity index is 873. The van der Waals surface area contributed by atoms with Gasteiger partial charge in [-0.1, -0.05) is 12.1 Å². The fraction of sp³-hybridized carbons (Fsp3) is 0.0667. The second-order valence-electron chi connectivity index (χ2n) is 4.84. The summed E-state index contributed by atoms with van der Waals surface area (Å²) >= 11 is 11.4. The van der Waals surface area contributed by atoms with Crippen LogP contribution in [0.2, 0.25) is 0 Å². The van der Waals surface area contributed by atoms with Gasteiger partial charge in [0.1, 0.15) is 5.82 Å². The van der Waals surface area contributed by atoms with Crippen molar-refractivity contribution in [3.63, 3.8) is 0 Å². The van der Waals surface area contributed by atoms with Gasteiger partial charge in [0.15, 0.2) is 5.82 Å². The summed E-state index contributed by atoms with van der Waals surface area (Å²) < 4.78 is 17.0. The van der Waals surface area contributed by atoms with E-state index >= 15 is 0 Å². The second kappa shape index (κ2) is 7.47. The van der Waals surface area contributed by atoms with Crippen molar-refractivity contribution in [1.29, 1.82) is 0 Å². The molecule has 0 saturated heterocycles. The number of hydrogen-bond acceptors (Lipinski definition) is 3. The number of amides is 1. The van der Waals surface area contributed by atoms with E-state index in [0.29, 0.717) is 21.7 Å². The summed E-state index contributed by atoms with van der Waals surface area (Å²) in [4.78, 5) is 12.8. The van der Waals surface area contributed by atoms with E-state index in [9.17, 15) is 9.18 Å². The van der Waals surface area contributed by atoms with Gasteiger partial charge in [-0.25, -0.2) is 4.39 Å². The van der Waals surface area contributed by atoms with Crippen LogP contribution in [-0.2, 0) is 6.54 Å². The topological polar surface area (TPSA) is 46.9 Å². The predicted octanol–water partition coefficient (Wildman–Crippen LogP) is 5.67. The largest absolute Gasteiger partial charge is 0.303 e. The standard InChI is InChI=1S/C15H9Br3FN3OS/c16-10-5-12(24-13(10)18)15(23)20-14-11(17)7-22(21-14)6-8-1-3-9(19)4-2-8/h1-5,7H,6H2,(H,20,21,23). The number of nitrogens with one attached hydrogen (secondary N) is 1. The highest BCUT2D eigenvalue weighted by molar-refractivity contribution is 9.13. The molecular weight excluding hydrogens is 529 g/mol. The van der Waals surface area contributed by atoms with Crippen LogP contribution >= 0.6 is 59.1 Å². The molecule has 124 valence electrons. The average Bonchev–Trinajstić information content (AvgIpc) is 3.05. The Morgan fingerprint density at radius 1 is 1.21 bits per heavy atom. The van der Waals surface area contributed by atoms with Crippen molar-refractivity contribution in [1.82, 2.24) is 9.78 Å². The van der Waals surface area contributed by atoms with Crippen LogP contribution in [0.1, 0.15) is 15.2 Å². The zero-order chi connectivity index (χ0) is 17.3. The van der Waals surface area contributed by atoms with Gasteiger partial charge >= 0.3 is 0 Å². The van der Waals surface area contributed by atoms with Crippen molar-refractivity contribution in [2.45, 2.75) is 6.54 Å². The van der Waals surface area contributed by atoms with Gasteiger partial charge in [0, 0.05) is 10.7 Å². The monoisotopic (exact) mass is 535 g/mol. The molecule has 0 atom stereocenters. The summed E-state index contributed by atoms with van der Waals surface area (Å²) in [6.45, 7) is 0.477. The molecule has 24 heavy (non-hydrogen) atoms. The number of anilines is 1. The van der Waals surface area contributed by atoms with Crippen LogP contribution in [0.3, 0.4) is 0 Å². The molecule has 0 aliphatic rings. The zero-order valence-electron chi connectivity index (χ0n) is 11.9. The highest BCUT2D eigenvalue weighted by atomic mass is 79.9. The maximum atomic E-state index is 12.9. The minimum absolute atomic E-state index is 0.237. The van der Waals surface area contributed by atoms with E-state index in [1.807, 2.05) is 0 Å². The van der Waals surface area contributed by atoms with Crippen molar-refractivity contribution in [2.75, 3.05) is 5.32 Å². The molecule has 0 fully saturated rings. The maximum absolute atomic E-state index is 12.9. The second-order valence-corrected chi connectivity index (χ2v) is 8.91. The fourth-order valence-electron chi connectivity index (χ4n) is 1.97. The minimum Gasteiger partial charge on any atom is -0.303 e. The number of rotatable bonds is 4. The molecule has 0 aliphatic heterocycles. The molecule has 0 aliphatic carbocycles. The van der Waals surface area contributed by atoms with E-state index in [4.69, 9.17) is 0 Å². The molecule has 3 aromatic rings. The SMILES string of the molecule is O=C(Nc1nn(Cc2ccc(F)cc2)cc1Br)c1cc(Br)c(Br)s1. The van der Waals surface area contributed by atoms with Crippen molar-refractivity contribution in [2.24, 2.45) is 0 Å². The molecule has 1 amide bonds. The summed E-state index contributed by atoms with van der Waals surface area (Å²) in [6.07, 6.45) is 1.76. The predicted molar refractivity (Wildman–Crippen MR) is 103 cm³/mol. The molecular formula is C15H9Br3FN3OS. The maximum Gasteiger partial charge on any atom is 0.267 e. The first-order valence-electron chi connectivity index (χ1n) is 6.66. The fourth-order valence-corrected chi connectivity index (χ4v) is 4.31. The summed E-state index contributed by atoms with van der Waals surface area (Å²) in [5, 5.41) is 7.12. The normalized spacial score (nSPS) is 10.8. The van der Waals surface area contributed by atoms with E-state index in [0.717, 1.165) is 13.8 Å². The Kier molecular flexibility index (Phi) is 5.53. The molecule has 1 N–H and O–H groups in total. The highest BCUT2D eigenvalue weighted by Crippen LogP contribution is 2.33. The van der Waals surface area contributed by atoms with Crippen molar-refractivity contribution < 1.29 is 9.18 Å². The van der Waals surface area contributed by atoms with E-state index < -0.39 is 0 Å². The number of carbonyl (C=O) groups is 1. The number of hydrogen-bond donors (Lipinski definition) is 1. The van der Waals surface area contributed by atoms with Crippen LogP contribution in [0, 0.1) is 5.82 Å². The molecule has 4 nitrogen and oxygen atoms in total. The van der Waals surface area contributed by atoms with Crippen LogP contribution in [-0.4, -0.2) is 15.7 Å². The molecule has 3 rings (SSSR count). The molecule has 9 heteroatoms. The lowest BCUT2D eigenvalue weighted by molar-refractivity contribution is 0.103. The third-order valence-corrected chi connectivity index (χ3v) is 6.91. The number of carbonyl (C=O) groups excluding carboxylic acids is 1. The van der Waals surface area contributed by atoms with Crippen LogP contribution in [0.5, 0.6) is 0 Å². The van der Waals surface area contributed by atoms with Gasteiger partial charge in [-0.05, 0) is 71.6 Å². The Labute approximate surface area is 166 Å². The third-order valence-electron chi connectivity index (χ3n) is 3.08. The zero-order valence-corrected chi connectivity index (χ0v) is 17.5. The van der Waals surface area contributed by atoms with Gasteiger partial charge in [-0.15, -0.1) is 11.3 Å². The Morgan fingerprint density at radius 2 is 1.92 bits per heavy atom. The van der Waals surface area contributed by atoms with Crippen molar-refractivity contribution >= 4 is 70.9 Å². The summed E-state index contributed by atoms with van der Waals surface area (Å²) in [5.41, 5.74) is 0.912. The number of thiophene rings is 1. The summed E-state index contributed by atoms with van der Waals surface area (Å²) in [7, 11) is 0. The number of halogens is 4. The Morgan fingerprint density at radius 3 is 2.54 bits per heavy atom. The third kappa shape index (κ3) is 4.14. The van der Waals surface area contributed by atoms with E-state index in [-0.39, 0.29) is 11.7 Å². The molecule has 0 saturated carbocycles. The van der Waals surface area contributed by atoms with Gasteiger partial charge in [-0.3, -0.25) is 9.48 Å². The first-order valence-corrected chi connectivity index (χ1v) is 9.85. The Balaban J connectivity index is 1.74. The van der Waals surface area contributed by atoms with Gasteiger partial charge in [0.2, 0.25) is 0 Å². The first-order chi connectivity index (χ1) is 11.4.